The van der Waals surface area contributed by atoms with Gasteiger partial charge in [-0.1, -0.05) is 243 Å². The second-order valence-corrected chi connectivity index (χ2v) is 22.5. The first kappa shape index (κ1) is 67.1. The quantitative estimate of drug-likeness (QED) is 0.0173. The number of carbonyl (C=O) groups is 1. The highest BCUT2D eigenvalue weighted by Gasteiger charge is 2.53. The van der Waals surface area contributed by atoms with Crippen LogP contribution in [0.2, 0.25) is 0 Å². The van der Waals surface area contributed by atoms with Gasteiger partial charge in [-0.15, -0.1) is 0 Å². The van der Waals surface area contributed by atoms with E-state index in [9.17, 15) is 9.90 Å². The van der Waals surface area contributed by atoms with Crippen molar-refractivity contribution in [2.24, 2.45) is 0 Å². The summed E-state index contributed by atoms with van der Waals surface area (Å²) in [7, 11) is 0. The number of esters is 1. The molecule has 0 aliphatic carbocycles. The SMILES string of the molecule is CC(=O)OC1C(OCc2ccccc2)[C@H](OCc2ccccc2)C(COCc2ccccc2)O[C@@H]1OCC1O[C@H](F)C(OCc2ccccc2)C(O[C@@H](O)/C=C(\OCc2ccccc2)[C@@H](CCOCc2ccccc2)OCc2ccccc2)[C@@H]1OCc1ccccc1. The number of rotatable bonds is 35. The number of benzene rings is 8. The van der Waals surface area contributed by atoms with Crippen LogP contribution in [0, 0.1) is 0 Å². The van der Waals surface area contributed by atoms with Crippen LogP contribution in [0.3, 0.4) is 0 Å². The Hall–Kier alpha value is -7.78. The Balaban J connectivity index is 0.981. The third-order valence-electron chi connectivity index (χ3n) is 15.5. The highest BCUT2D eigenvalue weighted by Crippen LogP contribution is 2.35. The van der Waals surface area contributed by atoms with Crippen LogP contribution in [0.25, 0.3) is 0 Å². The molecule has 1 N–H and O–H groups in total. The third kappa shape index (κ3) is 21.1. The molecule has 0 radical (unpaired) electrons. The van der Waals surface area contributed by atoms with Crippen molar-refractivity contribution in [3.63, 3.8) is 0 Å². The van der Waals surface area contributed by atoms with Crippen LogP contribution in [-0.2, 0) is 119 Å². The molecule has 6 unspecified atom stereocenters. The Bertz CT molecular complexity index is 3340. The number of ether oxygens (including phenoxy) is 13. The number of aliphatic hydroxyl groups is 1. The van der Waals surface area contributed by atoms with Crippen LogP contribution in [0.15, 0.2) is 254 Å². The average Bonchev–Trinajstić information content (AvgIpc) is 0.989. The number of carbonyl (C=O) groups excluding carboxylic acids is 1. The Morgan fingerprint density at radius 2 is 0.815 bits per heavy atom. The van der Waals surface area contributed by atoms with E-state index in [0.29, 0.717) is 13.0 Å². The largest absolute Gasteiger partial charge is 0.491 e. The Morgan fingerprint density at radius 3 is 1.27 bits per heavy atom. The number of aliphatic hydroxyl groups excluding tert-OH is 1. The van der Waals surface area contributed by atoms with Gasteiger partial charge < -0.3 is 66.7 Å². The maximum atomic E-state index is 17.6. The predicted octanol–water partition coefficient (Wildman–Crippen LogP) is 12.9. The molecule has 0 spiro atoms. The summed E-state index contributed by atoms with van der Waals surface area (Å²) >= 11 is 0. The molecule has 0 saturated carbocycles. The maximum absolute atomic E-state index is 17.6. The molecule has 482 valence electrons. The Labute approximate surface area is 538 Å². The second-order valence-electron chi connectivity index (χ2n) is 22.5. The molecular weight excluding hydrogens is 1170 g/mol. The van der Waals surface area contributed by atoms with Gasteiger partial charge in [0.2, 0.25) is 6.36 Å². The molecule has 0 bridgehead atoms. The van der Waals surface area contributed by atoms with Crippen molar-refractivity contribution in [2.75, 3.05) is 19.8 Å². The van der Waals surface area contributed by atoms with Gasteiger partial charge in [0.05, 0.1) is 59.5 Å². The van der Waals surface area contributed by atoms with Gasteiger partial charge in [-0.2, -0.15) is 0 Å². The van der Waals surface area contributed by atoms with Crippen molar-refractivity contribution in [1.82, 2.24) is 0 Å². The summed E-state index contributed by atoms with van der Waals surface area (Å²) in [6.07, 6.45) is -13.9. The predicted molar refractivity (Wildman–Crippen MR) is 342 cm³/mol. The first-order valence-corrected chi connectivity index (χ1v) is 31.2. The van der Waals surface area contributed by atoms with Crippen LogP contribution in [0.4, 0.5) is 4.39 Å². The molecule has 10 rings (SSSR count). The van der Waals surface area contributed by atoms with Crippen molar-refractivity contribution in [3.8, 4) is 0 Å². The van der Waals surface area contributed by atoms with Gasteiger partial charge in [0.1, 0.15) is 61.2 Å². The summed E-state index contributed by atoms with van der Waals surface area (Å²) in [4.78, 5) is 13.4. The fourth-order valence-corrected chi connectivity index (χ4v) is 10.9. The van der Waals surface area contributed by atoms with Gasteiger partial charge in [0, 0.05) is 26.0 Å². The lowest BCUT2D eigenvalue weighted by Gasteiger charge is -2.47. The smallest absolute Gasteiger partial charge is 0.303 e. The lowest BCUT2D eigenvalue weighted by molar-refractivity contribution is -0.342. The fourth-order valence-electron chi connectivity index (χ4n) is 10.9. The van der Waals surface area contributed by atoms with E-state index in [-0.39, 0.29) is 65.2 Å². The fraction of sp³-hybridized carbons (Fsp3) is 0.329. The first-order valence-electron chi connectivity index (χ1n) is 31.2. The number of alkyl halides is 1. The molecule has 8 aromatic rings. The molecule has 2 aliphatic heterocycles. The molecular formula is C76H81FO15. The van der Waals surface area contributed by atoms with E-state index in [1.54, 1.807) is 0 Å². The van der Waals surface area contributed by atoms with Crippen molar-refractivity contribution < 1.29 is 75.9 Å². The Kier molecular flexibility index (Phi) is 26.6. The molecule has 12 atom stereocenters. The topological polar surface area (TPSA) is 157 Å². The van der Waals surface area contributed by atoms with Crippen LogP contribution in [0.5, 0.6) is 0 Å². The van der Waals surface area contributed by atoms with Gasteiger partial charge in [-0.3, -0.25) is 4.79 Å². The normalized spacial score (nSPS) is 22.3. The zero-order chi connectivity index (χ0) is 63.4. The summed E-state index contributed by atoms with van der Waals surface area (Å²) in [5.74, 6) is -0.396. The minimum Gasteiger partial charge on any atom is -0.491 e. The Morgan fingerprint density at radius 1 is 0.435 bits per heavy atom. The van der Waals surface area contributed by atoms with E-state index in [0.717, 1.165) is 44.5 Å². The lowest BCUT2D eigenvalue weighted by atomic mass is 9.97. The maximum Gasteiger partial charge on any atom is 0.303 e. The van der Waals surface area contributed by atoms with E-state index < -0.39 is 86.4 Å². The first-order chi connectivity index (χ1) is 45.3. The van der Waals surface area contributed by atoms with Crippen molar-refractivity contribution in [2.45, 2.75) is 140 Å². The van der Waals surface area contributed by atoms with Gasteiger partial charge in [0.25, 0.3) is 0 Å². The molecule has 0 amide bonds. The van der Waals surface area contributed by atoms with E-state index in [4.69, 9.17) is 61.6 Å². The summed E-state index contributed by atoms with van der Waals surface area (Å²) in [5, 5.41) is 12.6. The third-order valence-corrected chi connectivity index (χ3v) is 15.5. The molecule has 16 heteroatoms. The van der Waals surface area contributed by atoms with Crippen LogP contribution in [0.1, 0.15) is 57.9 Å². The van der Waals surface area contributed by atoms with Gasteiger partial charge in [-0.25, -0.2) is 4.39 Å². The number of halogens is 1. The van der Waals surface area contributed by atoms with E-state index >= 15 is 4.39 Å². The minimum absolute atomic E-state index is 0.000831. The summed E-state index contributed by atoms with van der Waals surface area (Å²) in [6, 6.07) is 76.9. The molecule has 2 heterocycles. The highest BCUT2D eigenvalue weighted by molar-refractivity contribution is 5.66. The summed E-state index contributed by atoms with van der Waals surface area (Å²) in [6.45, 7) is 2.25. The summed E-state index contributed by atoms with van der Waals surface area (Å²) < 4.78 is 103. The molecule has 2 saturated heterocycles. The van der Waals surface area contributed by atoms with Crippen molar-refractivity contribution >= 4 is 5.97 Å². The zero-order valence-electron chi connectivity index (χ0n) is 51.6. The standard InChI is InChI=1S/C76H81FO15/c1-55(78)89-74-71(86-51-62-38-22-8-23-39-62)69(84-49-60-34-18-6-19-35-60)66(53-81-46-57-28-12-3-13-29-57)91-76(74)88-54-67-70(85-50-61-36-20-7-21-37-61)72(73(75(77)90-67)87-52-63-40-24-9-25-41-63)92-68(79)44-65(83-48-59-32-16-5-17-33-59)64(82-47-58-30-14-4-15-31-58)42-43-80-45-56-26-10-2-11-27-56/h2-41,44,64,66-76,79H,42-43,45-54H2,1H3/b65-44-/t64-,66?,67?,68-,69-,70-,71?,72?,73?,74?,75+,76+/m1/s1. The average molecular weight is 1250 g/mol. The van der Waals surface area contributed by atoms with E-state index in [1.807, 2.05) is 243 Å². The van der Waals surface area contributed by atoms with Crippen LogP contribution in [-0.4, -0.2) is 105 Å². The van der Waals surface area contributed by atoms with E-state index in [2.05, 4.69) is 0 Å². The number of hydrogen-bond donors (Lipinski definition) is 1. The number of hydrogen-bond acceptors (Lipinski definition) is 15. The van der Waals surface area contributed by atoms with E-state index in [1.165, 1.54) is 13.0 Å². The zero-order valence-corrected chi connectivity index (χ0v) is 51.6. The second kappa shape index (κ2) is 36.5. The van der Waals surface area contributed by atoms with Gasteiger partial charge >= 0.3 is 5.97 Å². The molecule has 2 aliphatic rings. The monoisotopic (exact) mass is 1250 g/mol. The molecule has 0 aromatic heterocycles. The van der Waals surface area contributed by atoms with Crippen molar-refractivity contribution in [1.29, 1.82) is 0 Å². The molecule has 15 nitrogen and oxygen atoms in total. The highest BCUT2D eigenvalue weighted by atomic mass is 19.1. The molecule has 2 fully saturated rings. The van der Waals surface area contributed by atoms with Crippen molar-refractivity contribution in [3.05, 3.63) is 299 Å². The van der Waals surface area contributed by atoms with Crippen LogP contribution >= 0.6 is 0 Å². The minimum atomic E-state index is -2.18. The molecule has 8 aromatic carbocycles. The summed E-state index contributed by atoms with van der Waals surface area (Å²) in [5.41, 5.74) is 6.99. The van der Waals surface area contributed by atoms with Crippen LogP contribution < -0.4 is 0 Å². The lowest BCUT2D eigenvalue weighted by Crippen LogP contribution is -2.63. The van der Waals surface area contributed by atoms with Gasteiger partial charge in [-0.05, 0) is 44.5 Å². The molecule has 92 heavy (non-hydrogen) atoms. The van der Waals surface area contributed by atoms with Gasteiger partial charge in [0.15, 0.2) is 18.7 Å².